The van der Waals surface area contributed by atoms with Crippen LogP contribution in [0.4, 0.5) is 15.8 Å². The highest BCUT2D eigenvalue weighted by Crippen LogP contribution is 2.25. The average Bonchev–Trinajstić information content (AvgIpc) is 2.34. The molecular weight excluding hydrogens is 251 g/mol. The predicted octanol–water partition coefficient (Wildman–Crippen LogP) is 4.40. The van der Waals surface area contributed by atoms with Crippen LogP contribution in [0.1, 0.15) is 11.1 Å². The van der Waals surface area contributed by atoms with E-state index in [9.17, 15) is 4.39 Å². The summed E-state index contributed by atoms with van der Waals surface area (Å²) >= 11 is 5.91. The molecule has 0 heterocycles. The van der Waals surface area contributed by atoms with E-state index < -0.39 is 0 Å². The van der Waals surface area contributed by atoms with Crippen LogP contribution >= 0.6 is 11.6 Å². The second-order valence-corrected chi connectivity index (χ2v) is 4.32. The Labute approximate surface area is 110 Å². The largest absolute Gasteiger partial charge is 0.353 e. The first kappa shape index (κ1) is 12.4. The van der Waals surface area contributed by atoms with Crippen LogP contribution in [0.3, 0.4) is 0 Å². The molecular formula is C14H10ClFN2. The highest BCUT2D eigenvalue weighted by atomic mass is 35.5. The third-order valence-electron chi connectivity index (χ3n) is 2.49. The van der Waals surface area contributed by atoms with Gasteiger partial charge in [0, 0.05) is 5.69 Å². The summed E-state index contributed by atoms with van der Waals surface area (Å²) in [6, 6.07) is 11.7. The van der Waals surface area contributed by atoms with Gasteiger partial charge >= 0.3 is 0 Å². The number of nitriles is 1. The Balaban J connectivity index is 2.32. The van der Waals surface area contributed by atoms with E-state index in [4.69, 9.17) is 16.9 Å². The zero-order valence-electron chi connectivity index (χ0n) is 9.67. The molecule has 0 unspecified atom stereocenters. The van der Waals surface area contributed by atoms with Gasteiger partial charge in [-0.25, -0.2) is 4.39 Å². The van der Waals surface area contributed by atoms with Crippen molar-refractivity contribution in [3.05, 3.63) is 58.4 Å². The topological polar surface area (TPSA) is 35.8 Å². The molecule has 2 nitrogen and oxygen atoms in total. The summed E-state index contributed by atoms with van der Waals surface area (Å²) in [5, 5.41) is 12.0. The van der Waals surface area contributed by atoms with Gasteiger partial charge in [-0.1, -0.05) is 17.7 Å². The molecule has 90 valence electrons. The maximum atomic E-state index is 13.6. The Kier molecular flexibility index (Phi) is 3.50. The van der Waals surface area contributed by atoms with Crippen LogP contribution in [0.2, 0.25) is 5.02 Å². The van der Waals surface area contributed by atoms with Crippen molar-refractivity contribution in [1.82, 2.24) is 0 Å². The third-order valence-corrected chi connectivity index (χ3v) is 2.80. The van der Waals surface area contributed by atoms with Gasteiger partial charge in [0.25, 0.3) is 0 Å². The minimum Gasteiger partial charge on any atom is -0.353 e. The van der Waals surface area contributed by atoms with Crippen LogP contribution in [-0.2, 0) is 0 Å². The molecule has 4 heteroatoms. The summed E-state index contributed by atoms with van der Waals surface area (Å²) in [5.41, 5.74) is 2.38. The summed E-state index contributed by atoms with van der Waals surface area (Å²) in [4.78, 5) is 0. The van der Waals surface area contributed by atoms with Crippen molar-refractivity contribution in [3.8, 4) is 6.07 Å². The molecule has 0 aliphatic heterocycles. The van der Waals surface area contributed by atoms with Crippen molar-refractivity contribution in [2.24, 2.45) is 0 Å². The standard InChI is InChI=1S/C14H10ClFN2/c1-9-2-5-13(16)14(6-9)18-11-4-3-10(8-17)12(15)7-11/h2-7,18H,1H3. The van der Waals surface area contributed by atoms with Crippen LogP contribution in [0.5, 0.6) is 0 Å². The molecule has 0 fully saturated rings. The Morgan fingerprint density at radius 2 is 2.00 bits per heavy atom. The maximum Gasteiger partial charge on any atom is 0.146 e. The Morgan fingerprint density at radius 3 is 2.67 bits per heavy atom. The molecule has 1 N–H and O–H groups in total. The molecule has 0 saturated carbocycles. The van der Waals surface area contributed by atoms with Gasteiger partial charge in [-0.3, -0.25) is 0 Å². The van der Waals surface area contributed by atoms with Crippen molar-refractivity contribution < 1.29 is 4.39 Å². The van der Waals surface area contributed by atoms with Gasteiger partial charge in [-0.15, -0.1) is 0 Å². The Morgan fingerprint density at radius 1 is 1.22 bits per heavy atom. The summed E-state index contributed by atoms with van der Waals surface area (Å²) < 4.78 is 13.6. The van der Waals surface area contributed by atoms with E-state index >= 15 is 0 Å². The van der Waals surface area contributed by atoms with Crippen LogP contribution in [0.15, 0.2) is 36.4 Å². The third kappa shape index (κ3) is 2.61. The van der Waals surface area contributed by atoms with Crippen molar-refractivity contribution in [2.45, 2.75) is 6.92 Å². The second kappa shape index (κ2) is 5.07. The molecule has 18 heavy (non-hydrogen) atoms. The first-order valence-corrected chi connectivity index (χ1v) is 5.71. The normalized spacial score (nSPS) is 9.89. The van der Waals surface area contributed by atoms with Crippen LogP contribution in [0.25, 0.3) is 0 Å². The number of hydrogen-bond donors (Lipinski definition) is 1. The van der Waals surface area contributed by atoms with E-state index in [1.165, 1.54) is 6.07 Å². The molecule has 0 aliphatic rings. The van der Waals surface area contributed by atoms with Gasteiger partial charge in [0.1, 0.15) is 11.9 Å². The first-order valence-electron chi connectivity index (χ1n) is 5.33. The quantitative estimate of drug-likeness (QED) is 0.869. The molecule has 0 aliphatic carbocycles. The van der Waals surface area contributed by atoms with E-state index in [0.29, 0.717) is 22.0 Å². The van der Waals surface area contributed by atoms with Crippen molar-refractivity contribution in [3.63, 3.8) is 0 Å². The summed E-state index contributed by atoms with van der Waals surface area (Å²) in [6.07, 6.45) is 0. The minimum atomic E-state index is -0.332. The van der Waals surface area contributed by atoms with Gasteiger partial charge < -0.3 is 5.32 Å². The van der Waals surface area contributed by atoms with Crippen molar-refractivity contribution in [2.75, 3.05) is 5.32 Å². The fourth-order valence-corrected chi connectivity index (χ4v) is 1.80. The number of benzene rings is 2. The molecule has 0 radical (unpaired) electrons. The number of rotatable bonds is 2. The fraction of sp³-hybridized carbons (Fsp3) is 0.0714. The monoisotopic (exact) mass is 260 g/mol. The van der Waals surface area contributed by atoms with Gasteiger partial charge in [0.15, 0.2) is 0 Å². The first-order chi connectivity index (χ1) is 8.60. The van der Waals surface area contributed by atoms with Crippen LogP contribution < -0.4 is 5.32 Å². The van der Waals surface area contributed by atoms with Gasteiger partial charge in [-0.05, 0) is 42.8 Å². The Hall–Kier alpha value is -2.05. The van der Waals surface area contributed by atoms with E-state index in [0.717, 1.165) is 5.56 Å². The van der Waals surface area contributed by atoms with Crippen LogP contribution in [-0.4, -0.2) is 0 Å². The summed E-state index contributed by atoms with van der Waals surface area (Å²) in [7, 11) is 0. The highest BCUT2D eigenvalue weighted by molar-refractivity contribution is 6.32. The highest BCUT2D eigenvalue weighted by Gasteiger charge is 2.05. The summed E-state index contributed by atoms with van der Waals surface area (Å²) in [5.74, 6) is -0.332. The molecule has 0 spiro atoms. The maximum absolute atomic E-state index is 13.6. The summed E-state index contributed by atoms with van der Waals surface area (Å²) in [6.45, 7) is 1.89. The molecule has 2 aromatic carbocycles. The minimum absolute atomic E-state index is 0.332. The van der Waals surface area contributed by atoms with E-state index in [1.54, 1.807) is 30.3 Å². The zero-order valence-corrected chi connectivity index (χ0v) is 10.4. The van der Waals surface area contributed by atoms with Gasteiger partial charge in [0.2, 0.25) is 0 Å². The predicted molar refractivity (Wildman–Crippen MR) is 70.6 cm³/mol. The lowest BCUT2D eigenvalue weighted by atomic mass is 10.2. The lowest BCUT2D eigenvalue weighted by Gasteiger charge is -2.09. The number of nitrogens with one attached hydrogen (secondary N) is 1. The van der Waals surface area contributed by atoms with Crippen LogP contribution in [0, 0.1) is 24.1 Å². The molecule has 0 aromatic heterocycles. The average molecular weight is 261 g/mol. The van der Waals surface area contributed by atoms with Crippen molar-refractivity contribution >= 4 is 23.0 Å². The molecule has 2 aromatic rings. The SMILES string of the molecule is Cc1ccc(F)c(Nc2ccc(C#N)c(Cl)c2)c1. The Bertz CT molecular complexity index is 632. The number of aryl methyl sites for hydroxylation is 1. The molecule has 2 rings (SSSR count). The zero-order chi connectivity index (χ0) is 13.1. The molecule has 0 amide bonds. The van der Waals surface area contributed by atoms with Gasteiger partial charge in [0.05, 0.1) is 16.3 Å². The van der Waals surface area contributed by atoms with Gasteiger partial charge in [-0.2, -0.15) is 5.26 Å². The molecule has 0 atom stereocenters. The molecule has 0 saturated heterocycles. The fourth-order valence-electron chi connectivity index (χ4n) is 1.57. The smallest absolute Gasteiger partial charge is 0.146 e. The van der Waals surface area contributed by atoms with E-state index in [1.807, 2.05) is 13.0 Å². The second-order valence-electron chi connectivity index (χ2n) is 3.91. The number of hydrogen-bond acceptors (Lipinski definition) is 2. The lowest BCUT2D eigenvalue weighted by Crippen LogP contribution is -1.94. The number of nitrogens with zero attached hydrogens (tertiary/aromatic N) is 1. The van der Waals surface area contributed by atoms with E-state index in [2.05, 4.69) is 5.32 Å². The lowest BCUT2D eigenvalue weighted by molar-refractivity contribution is 0.631. The van der Waals surface area contributed by atoms with E-state index in [-0.39, 0.29) is 5.82 Å². The molecule has 0 bridgehead atoms. The number of anilines is 2. The van der Waals surface area contributed by atoms with Crippen molar-refractivity contribution in [1.29, 1.82) is 5.26 Å². The number of halogens is 2.